The summed E-state index contributed by atoms with van der Waals surface area (Å²) in [5.41, 5.74) is 3.22. The molecule has 0 amide bonds. The highest BCUT2D eigenvalue weighted by Gasteiger charge is 2.32. The molecular weight excluding hydrogens is 362 g/mol. The molecule has 0 aliphatic carbocycles. The van der Waals surface area contributed by atoms with Crippen molar-refractivity contribution in [1.82, 2.24) is 14.1 Å². The summed E-state index contributed by atoms with van der Waals surface area (Å²) in [5, 5.41) is 4.29. The van der Waals surface area contributed by atoms with Crippen LogP contribution < -0.4 is 0 Å². The van der Waals surface area contributed by atoms with Crippen molar-refractivity contribution in [2.24, 2.45) is 0 Å². The first-order chi connectivity index (χ1) is 12.7. The molecule has 0 spiro atoms. The molecule has 0 atom stereocenters. The molecule has 1 fully saturated rings. The van der Waals surface area contributed by atoms with E-state index in [-0.39, 0.29) is 10.8 Å². The molecule has 0 unspecified atom stereocenters. The summed E-state index contributed by atoms with van der Waals surface area (Å²) in [5.74, 6) is -0.306. The lowest BCUT2D eigenvalue weighted by molar-refractivity contribution is 0.0942. The highest BCUT2D eigenvalue weighted by molar-refractivity contribution is 7.89. The fourth-order valence-corrected chi connectivity index (χ4v) is 5.70. The van der Waals surface area contributed by atoms with Crippen LogP contribution in [0.3, 0.4) is 0 Å². The summed E-state index contributed by atoms with van der Waals surface area (Å²) in [6, 6.07) is 5.59. The van der Waals surface area contributed by atoms with Crippen LogP contribution in [-0.4, -0.2) is 41.5 Å². The van der Waals surface area contributed by atoms with Gasteiger partial charge in [-0.05, 0) is 52.7 Å². The molecule has 0 N–H and O–H groups in total. The van der Waals surface area contributed by atoms with Crippen LogP contribution in [0.4, 0.5) is 0 Å². The third kappa shape index (κ3) is 3.84. The van der Waals surface area contributed by atoms with E-state index < -0.39 is 10.0 Å². The Bertz CT molecular complexity index is 948. The number of nitrogens with zero attached hydrogens (tertiary/aromatic N) is 3. The zero-order chi connectivity index (χ0) is 19.8. The van der Waals surface area contributed by atoms with Gasteiger partial charge in [-0.1, -0.05) is 30.0 Å². The van der Waals surface area contributed by atoms with Gasteiger partial charge < -0.3 is 0 Å². The maximum absolute atomic E-state index is 13.2. The predicted octanol–water partition coefficient (Wildman–Crippen LogP) is 3.37. The lowest BCUT2D eigenvalue weighted by atomic mass is 10.1. The number of hydrogen-bond donors (Lipinski definition) is 0. The number of rotatable bonds is 3. The highest BCUT2D eigenvalue weighted by atomic mass is 32.2. The van der Waals surface area contributed by atoms with Crippen molar-refractivity contribution in [2.75, 3.05) is 13.1 Å². The second kappa shape index (κ2) is 7.56. The van der Waals surface area contributed by atoms with E-state index in [2.05, 4.69) is 5.10 Å². The van der Waals surface area contributed by atoms with Crippen molar-refractivity contribution in [3.05, 3.63) is 46.3 Å². The minimum absolute atomic E-state index is 0.169. The molecule has 6 nitrogen and oxygen atoms in total. The molecule has 2 heterocycles. The summed E-state index contributed by atoms with van der Waals surface area (Å²) < 4.78 is 29.2. The van der Waals surface area contributed by atoms with E-state index in [1.165, 1.54) is 4.68 Å². The lowest BCUT2D eigenvalue weighted by Gasteiger charge is -2.20. The molecule has 1 aliphatic rings. The van der Waals surface area contributed by atoms with Gasteiger partial charge in [0.1, 0.15) is 4.90 Å². The topological polar surface area (TPSA) is 72.3 Å². The minimum atomic E-state index is -3.66. The smallest absolute Gasteiger partial charge is 0.267 e. The third-order valence-electron chi connectivity index (χ3n) is 5.05. The van der Waals surface area contributed by atoms with Crippen LogP contribution in [0.15, 0.2) is 23.1 Å². The molecule has 27 heavy (non-hydrogen) atoms. The van der Waals surface area contributed by atoms with Crippen LogP contribution >= 0.6 is 0 Å². The van der Waals surface area contributed by atoms with E-state index in [0.29, 0.717) is 30.0 Å². The van der Waals surface area contributed by atoms with Crippen LogP contribution in [0.1, 0.15) is 58.6 Å². The van der Waals surface area contributed by atoms with Crippen LogP contribution in [0.2, 0.25) is 0 Å². The van der Waals surface area contributed by atoms with E-state index >= 15 is 0 Å². The van der Waals surface area contributed by atoms with E-state index in [1.807, 2.05) is 19.9 Å². The van der Waals surface area contributed by atoms with Gasteiger partial charge in [-0.2, -0.15) is 14.1 Å². The molecular formula is C20H27N3O3S. The van der Waals surface area contributed by atoms with Gasteiger partial charge >= 0.3 is 0 Å². The molecule has 146 valence electrons. The highest BCUT2D eigenvalue weighted by Crippen LogP contribution is 2.26. The molecule has 1 aliphatic heterocycles. The number of carbonyl (C=O) groups excluding carboxylic acids is 1. The zero-order valence-corrected chi connectivity index (χ0v) is 17.3. The Labute approximate surface area is 161 Å². The molecule has 2 aromatic rings. The van der Waals surface area contributed by atoms with Crippen molar-refractivity contribution in [1.29, 1.82) is 0 Å². The average molecular weight is 390 g/mol. The number of aromatic nitrogens is 2. The first kappa shape index (κ1) is 19.8. The number of carbonyl (C=O) groups is 1. The normalized spacial score (nSPS) is 16.3. The second-order valence-corrected chi connectivity index (χ2v) is 9.29. The van der Waals surface area contributed by atoms with Gasteiger partial charge in [0, 0.05) is 18.7 Å². The van der Waals surface area contributed by atoms with Gasteiger partial charge in [0.05, 0.1) is 11.4 Å². The van der Waals surface area contributed by atoms with Gasteiger partial charge in [0.25, 0.3) is 5.91 Å². The molecule has 7 heteroatoms. The largest absolute Gasteiger partial charge is 0.278 e. The van der Waals surface area contributed by atoms with Crippen molar-refractivity contribution in [2.45, 2.75) is 58.3 Å². The third-order valence-corrected chi connectivity index (χ3v) is 7.20. The van der Waals surface area contributed by atoms with Crippen LogP contribution in [0.5, 0.6) is 0 Å². The summed E-state index contributed by atoms with van der Waals surface area (Å²) >= 11 is 0. The maximum atomic E-state index is 13.2. The van der Waals surface area contributed by atoms with Crippen molar-refractivity contribution >= 4 is 15.9 Å². The van der Waals surface area contributed by atoms with Gasteiger partial charge in [0.2, 0.25) is 10.0 Å². The maximum Gasteiger partial charge on any atom is 0.278 e. The summed E-state index contributed by atoms with van der Waals surface area (Å²) in [6.07, 6.45) is 3.84. The Morgan fingerprint density at radius 1 is 0.926 bits per heavy atom. The number of benzene rings is 1. The quantitative estimate of drug-likeness (QED) is 0.807. The fourth-order valence-electron chi connectivity index (χ4n) is 3.83. The van der Waals surface area contributed by atoms with Crippen LogP contribution in [0, 0.1) is 27.7 Å². The van der Waals surface area contributed by atoms with Crippen molar-refractivity contribution in [3.8, 4) is 0 Å². The SMILES string of the molecule is Cc1cc(C)cc(C(=O)n2nc(C)c(S(=O)(=O)N3CCCCCC3)c2C)c1. The van der Waals surface area contributed by atoms with Crippen molar-refractivity contribution in [3.63, 3.8) is 0 Å². The average Bonchev–Trinajstić information content (AvgIpc) is 2.78. The molecule has 1 saturated heterocycles. The Kier molecular flexibility index (Phi) is 5.53. The molecule has 0 radical (unpaired) electrons. The first-order valence-electron chi connectivity index (χ1n) is 9.41. The van der Waals surface area contributed by atoms with E-state index in [4.69, 9.17) is 0 Å². The van der Waals surface area contributed by atoms with Gasteiger partial charge in [0.15, 0.2) is 0 Å². The monoisotopic (exact) mass is 389 g/mol. The molecule has 1 aromatic carbocycles. The van der Waals surface area contributed by atoms with Crippen LogP contribution in [-0.2, 0) is 10.0 Å². The summed E-state index contributed by atoms with van der Waals surface area (Å²) in [6.45, 7) is 8.23. The molecule has 0 bridgehead atoms. The van der Waals surface area contributed by atoms with E-state index in [9.17, 15) is 13.2 Å². The number of aryl methyl sites for hydroxylation is 3. The Balaban J connectivity index is 2.02. The molecule has 3 rings (SSSR count). The van der Waals surface area contributed by atoms with Gasteiger partial charge in [-0.3, -0.25) is 4.79 Å². The first-order valence-corrected chi connectivity index (χ1v) is 10.8. The predicted molar refractivity (Wildman–Crippen MR) is 105 cm³/mol. The van der Waals surface area contributed by atoms with Crippen molar-refractivity contribution < 1.29 is 13.2 Å². The number of sulfonamides is 1. The lowest BCUT2D eigenvalue weighted by Crippen LogP contribution is -2.32. The molecule has 0 saturated carbocycles. The fraction of sp³-hybridized carbons (Fsp3) is 0.500. The Morgan fingerprint density at radius 2 is 1.48 bits per heavy atom. The Hall–Kier alpha value is -1.99. The van der Waals surface area contributed by atoms with E-state index in [0.717, 1.165) is 36.8 Å². The zero-order valence-electron chi connectivity index (χ0n) is 16.4. The van der Waals surface area contributed by atoms with Crippen LogP contribution in [0.25, 0.3) is 0 Å². The Morgan fingerprint density at radius 3 is 2.04 bits per heavy atom. The molecule has 1 aromatic heterocycles. The number of hydrogen-bond acceptors (Lipinski definition) is 4. The summed E-state index contributed by atoms with van der Waals surface area (Å²) in [7, 11) is -3.66. The standard InChI is InChI=1S/C20H27N3O3S/c1-14-11-15(2)13-18(12-14)20(24)23-17(4)19(16(3)21-23)27(25,26)22-9-7-5-6-8-10-22/h11-13H,5-10H2,1-4H3. The minimum Gasteiger partial charge on any atom is -0.267 e. The van der Waals surface area contributed by atoms with E-state index in [1.54, 1.807) is 30.3 Å². The summed E-state index contributed by atoms with van der Waals surface area (Å²) in [4.78, 5) is 13.2. The van der Waals surface area contributed by atoms with Gasteiger partial charge in [-0.15, -0.1) is 0 Å². The second-order valence-electron chi connectivity index (χ2n) is 7.41. The van der Waals surface area contributed by atoms with Gasteiger partial charge in [-0.25, -0.2) is 8.42 Å².